The molecule has 2 aliphatic carbocycles. The Morgan fingerprint density at radius 1 is 0.800 bits per heavy atom. The lowest BCUT2D eigenvalue weighted by molar-refractivity contribution is -0.129. The second kappa shape index (κ2) is 13.5. The van der Waals surface area contributed by atoms with Crippen molar-refractivity contribution in [2.24, 2.45) is 11.3 Å². The van der Waals surface area contributed by atoms with Crippen LogP contribution in [0.3, 0.4) is 0 Å². The fraction of sp³-hybridized carbons (Fsp3) is 0.511. The maximum atomic E-state index is 15.3. The lowest BCUT2D eigenvalue weighted by atomic mass is 9.69. The van der Waals surface area contributed by atoms with Crippen molar-refractivity contribution < 1.29 is 14.0 Å². The number of amides is 2. The number of imide groups is 1. The molecule has 286 valence electrons. The molecule has 2 saturated carbocycles. The molecule has 6 aliphatic rings. The van der Waals surface area contributed by atoms with Gasteiger partial charge in [-0.2, -0.15) is 4.98 Å². The number of fused-ring (bicyclic) bond motifs is 7. The van der Waals surface area contributed by atoms with Crippen LogP contribution in [0.1, 0.15) is 113 Å². The van der Waals surface area contributed by atoms with Crippen LogP contribution in [0.2, 0.25) is 5.02 Å². The van der Waals surface area contributed by atoms with E-state index in [4.69, 9.17) is 16.6 Å². The van der Waals surface area contributed by atoms with Crippen molar-refractivity contribution in [2.45, 2.75) is 101 Å². The number of likely N-dealkylation sites (tertiary alicyclic amines) is 1. The van der Waals surface area contributed by atoms with Crippen molar-refractivity contribution in [3.8, 4) is 5.69 Å². The maximum Gasteiger partial charge on any atom is 0.282 e. The van der Waals surface area contributed by atoms with Crippen molar-refractivity contribution in [1.82, 2.24) is 14.5 Å². The fourth-order valence-corrected chi connectivity index (χ4v) is 11.7. The van der Waals surface area contributed by atoms with Crippen molar-refractivity contribution in [2.75, 3.05) is 42.5 Å². The highest BCUT2D eigenvalue weighted by molar-refractivity contribution is 6.35. The first-order chi connectivity index (χ1) is 26.7. The van der Waals surface area contributed by atoms with Gasteiger partial charge < -0.3 is 9.80 Å². The summed E-state index contributed by atoms with van der Waals surface area (Å²) in [5, 5.41) is 0.983. The summed E-state index contributed by atoms with van der Waals surface area (Å²) in [6.45, 7) is 5.05. The first-order valence-corrected chi connectivity index (χ1v) is 21.1. The van der Waals surface area contributed by atoms with Crippen LogP contribution in [0.15, 0.2) is 59.4 Å². The molecule has 2 amide bonds. The molecule has 4 aromatic rings. The second-order valence-corrected chi connectivity index (χ2v) is 18.0. The molecule has 0 radical (unpaired) electrons. The number of anilines is 2. The molecule has 2 spiro atoms. The molecule has 4 aliphatic heterocycles. The van der Waals surface area contributed by atoms with Crippen LogP contribution >= 0.6 is 11.6 Å². The summed E-state index contributed by atoms with van der Waals surface area (Å²) >= 11 is 6.61. The lowest BCUT2D eigenvalue weighted by Gasteiger charge is -2.55. The number of carbonyl (C=O) groups is 2. The largest absolute Gasteiger partial charge is 0.369 e. The predicted molar refractivity (Wildman–Crippen MR) is 214 cm³/mol. The molecule has 5 fully saturated rings. The zero-order valence-electron chi connectivity index (χ0n) is 31.5. The van der Waals surface area contributed by atoms with E-state index in [1.807, 2.05) is 12.1 Å². The van der Waals surface area contributed by atoms with Gasteiger partial charge in [-0.25, -0.2) is 4.39 Å². The molecule has 10 rings (SSSR count). The average Bonchev–Trinajstić information content (AvgIpc) is 3.43. The first kappa shape index (κ1) is 35.3. The highest BCUT2D eigenvalue weighted by Gasteiger charge is 2.48. The molecule has 0 N–H and O–H groups in total. The number of hydrogen-bond acceptors (Lipinski definition) is 6. The molecule has 3 saturated heterocycles. The topological polar surface area (TPSA) is 78.8 Å². The highest BCUT2D eigenvalue weighted by atomic mass is 35.5. The van der Waals surface area contributed by atoms with Gasteiger partial charge in [0.15, 0.2) is 0 Å². The van der Waals surface area contributed by atoms with Crippen molar-refractivity contribution in [3.05, 3.63) is 92.7 Å². The normalized spacial score (nSPS) is 24.7. The molecule has 10 heteroatoms. The Bertz CT molecular complexity index is 2240. The number of halogens is 2. The summed E-state index contributed by atoms with van der Waals surface area (Å²) in [4.78, 5) is 48.8. The number of aromatic nitrogens is 2. The van der Waals surface area contributed by atoms with E-state index >= 15 is 4.39 Å². The Kier molecular flexibility index (Phi) is 8.70. The number of benzene rings is 3. The van der Waals surface area contributed by atoms with E-state index in [0.29, 0.717) is 58.3 Å². The van der Waals surface area contributed by atoms with Crippen molar-refractivity contribution in [3.63, 3.8) is 0 Å². The molecule has 0 bridgehead atoms. The summed E-state index contributed by atoms with van der Waals surface area (Å²) in [5.41, 5.74) is 5.60. The molecule has 1 aromatic heterocycles. The highest BCUT2D eigenvalue weighted by Crippen LogP contribution is 2.53. The van der Waals surface area contributed by atoms with E-state index in [1.165, 1.54) is 55.0 Å². The van der Waals surface area contributed by atoms with Gasteiger partial charge in [-0.3, -0.25) is 23.9 Å². The lowest BCUT2D eigenvalue weighted by Crippen LogP contribution is -2.61. The molecule has 5 heterocycles. The van der Waals surface area contributed by atoms with Crippen LogP contribution < -0.4 is 15.4 Å². The third-order valence-corrected chi connectivity index (χ3v) is 14.7. The van der Waals surface area contributed by atoms with Gasteiger partial charge >= 0.3 is 0 Å². The van der Waals surface area contributed by atoms with Gasteiger partial charge in [0, 0.05) is 51.6 Å². The van der Waals surface area contributed by atoms with E-state index in [1.54, 1.807) is 18.2 Å². The van der Waals surface area contributed by atoms with Gasteiger partial charge in [-0.1, -0.05) is 49.1 Å². The van der Waals surface area contributed by atoms with Crippen molar-refractivity contribution >= 4 is 45.7 Å². The molecule has 0 unspecified atom stereocenters. The van der Waals surface area contributed by atoms with E-state index in [9.17, 15) is 14.4 Å². The smallest absolute Gasteiger partial charge is 0.282 e. The minimum atomic E-state index is -0.365. The van der Waals surface area contributed by atoms with E-state index in [2.05, 4.69) is 32.6 Å². The van der Waals surface area contributed by atoms with Crippen LogP contribution in [0.25, 0.3) is 16.6 Å². The molecule has 8 nitrogen and oxygen atoms in total. The third kappa shape index (κ3) is 5.86. The molecular weight excluding hydrogens is 713 g/mol. The number of piperidine rings is 2. The number of hydrogen-bond donors (Lipinski definition) is 0. The van der Waals surface area contributed by atoms with Gasteiger partial charge in [-0.05, 0) is 116 Å². The van der Waals surface area contributed by atoms with E-state index in [-0.39, 0.29) is 28.6 Å². The first-order valence-electron chi connectivity index (χ1n) is 20.7. The predicted octanol–water partition coefficient (Wildman–Crippen LogP) is 8.66. The molecule has 55 heavy (non-hydrogen) atoms. The quantitative estimate of drug-likeness (QED) is 0.190. The Morgan fingerprint density at radius 2 is 1.55 bits per heavy atom. The minimum absolute atomic E-state index is 0.204. The monoisotopic (exact) mass is 761 g/mol. The summed E-state index contributed by atoms with van der Waals surface area (Å²) in [5.74, 6) is 1.28. The van der Waals surface area contributed by atoms with E-state index in [0.717, 1.165) is 87.5 Å². The maximum absolute atomic E-state index is 15.3. The molecule has 0 atom stereocenters. The third-order valence-electron chi connectivity index (χ3n) is 14.4. The number of nitrogens with zero attached hydrogens (tertiary/aromatic N) is 5. The summed E-state index contributed by atoms with van der Waals surface area (Å²) in [6.07, 6.45) is 13.7. The van der Waals surface area contributed by atoms with Crippen LogP contribution in [0.4, 0.5) is 15.8 Å². The van der Waals surface area contributed by atoms with Gasteiger partial charge in [0.25, 0.3) is 5.56 Å². The van der Waals surface area contributed by atoms with Gasteiger partial charge in [0.05, 0.1) is 38.4 Å². The Morgan fingerprint density at radius 3 is 2.27 bits per heavy atom. The standard InChI is InChI=1S/C45H49ClFN5O3/c46-34-6-4-7-37-41(34)42(55)48-43-45(18-2-1-3-19-45)33-16-14-31(24-38(33)52(37)43)30-12-10-29(11-13-30)26-49-27-44(28-49)20-22-50(23-21-44)36-17-15-32(25-35(36)47)51-39(53)8-5-9-40(51)54/h4,6-7,14-17,24-25,29-30H,1-3,5,8-13,18-23,26-28H2. The van der Waals surface area contributed by atoms with Gasteiger partial charge in [0.2, 0.25) is 11.8 Å². The average molecular weight is 762 g/mol. The SMILES string of the molecule is O=C1CCCC(=O)N1c1ccc(N2CCC3(CC2)CN(CC2CCC(c4ccc5c(c4)-n4c(nc(=O)c6c(Cl)cccc64)C54CCCCC4)CC2)C3)c(F)c1. The summed E-state index contributed by atoms with van der Waals surface area (Å²) in [6, 6.07) is 17.8. The minimum Gasteiger partial charge on any atom is -0.369 e. The Balaban J connectivity index is 0.768. The fourth-order valence-electron chi connectivity index (χ4n) is 11.5. The summed E-state index contributed by atoms with van der Waals surface area (Å²) < 4.78 is 17.6. The molecule has 3 aromatic carbocycles. The van der Waals surface area contributed by atoms with Crippen LogP contribution in [-0.2, 0) is 15.0 Å². The van der Waals surface area contributed by atoms with Gasteiger partial charge in [0.1, 0.15) is 11.6 Å². The van der Waals surface area contributed by atoms with E-state index < -0.39 is 0 Å². The van der Waals surface area contributed by atoms with Gasteiger partial charge in [-0.15, -0.1) is 0 Å². The molecular formula is C45H49ClFN5O3. The Labute approximate surface area is 326 Å². The zero-order valence-corrected chi connectivity index (χ0v) is 32.3. The second-order valence-electron chi connectivity index (χ2n) is 17.6. The van der Waals surface area contributed by atoms with Crippen molar-refractivity contribution in [1.29, 1.82) is 0 Å². The zero-order chi connectivity index (χ0) is 37.5. The van der Waals surface area contributed by atoms with Crippen LogP contribution in [0.5, 0.6) is 0 Å². The Hall–Kier alpha value is -4.08. The number of rotatable bonds is 5. The van der Waals surface area contributed by atoms with Crippen LogP contribution in [-0.4, -0.2) is 59.0 Å². The summed E-state index contributed by atoms with van der Waals surface area (Å²) in [7, 11) is 0. The van der Waals surface area contributed by atoms with Crippen LogP contribution in [0, 0.1) is 17.2 Å². The number of carbonyl (C=O) groups excluding carboxylic acids is 2.